The van der Waals surface area contributed by atoms with Crippen LogP contribution in [0.1, 0.15) is 32.4 Å². The van der Waals surface area contributed by atoms with E-state index in [9.17, 15) is 8.42 Å². The molecule has 1 aromatic carbocycles. The summed E-state index contributed by atoms with van der Waals surface area (Å²) in [5.41, 5.74) is 0.893. The molecule has 19 heavy (non-hydrogen) atoms. The highest BCUT2D eigenvalue weighted by molar-refractivity contribution is 7.89. The molecule has 0 bridgehead atoms. The van der Waals surface area contributed by atoms with Gasteiger partial charge in [0, 0.05) is 23.7 Å². The first kappa shape index (κ1) is 16.4. The summed E-state index contributed by atoms with van der Waals surface area (Å²) in [6.07, 6.45) is 0. The van der Waals surface area contributed by atoms with E-state index in [1.54, 1.807) is 12.1 Å². The number of nitrogens with one attached hydrogen (secondary N) is 2. The summed E-state index contributed by atoms with van der Waals surface area (Å²) < 4.78 is 26.4. The quantitative estimate of drug-likeness (QED) is 0.813. The molecule has 6 heteroatoms. The van der Waals surface area contributed by atoms with Crippen molar-refractivity contribution >= 4 is 21.6 Å². The van der Waals surface area contributed by atoms with Crippen LogP contribution in [0.5, 0.6) is 0 Å². The molecule has 0 heterocycles. The average molecular weight is 305 g/mol. The Balaban J connectivity index is 2.55. The minimum Gasteiger partial charge on any atom is -0.313 e. The van der Waals surface area contributed by atoms with Gasteiger partial charge in [0.25, 0.3) is 0 Å². The highest BCUT2D eigenvalue weighted by Crippen LogP contribution is 2.16. The first-order valence-corrected chi connectivity index (χ1v) is 8.32. The van der Waals surface area contributed by atoms with E-state index in [1.165, 1.54) is 0 Å². The third kappa shape index (κ3) is 6.38. The summed E-state index contributed by atoms with van der Waals surface area (Å²) in [6.45, 7) is 6.23. The first-order valence-electron chi connectivity index (χ1n) is 6.29. The molecule has 0 fully saturated rings. The lowest BCUT2D eigenvalue weighted by atomic mass is 10.1. The van der Waals surface area contributed by atoms with Gasteiger partial charge < -0.3 is 5.32 Å². The molecule has 0 spiro atoms. The molecule has 0 aliphatic carbocycles. The van der Waals surface area contributed by atoms with Gasteiger partial charge in [0.2, 0.25) is 10.0 Å². The van der Waals surface area contributed by atoms with E-state index in [2.05, 4.69) is 10.0 Å². The summed E-state index contributed by atoms with van der Waals surface area (Å²) >= 11 is 5.80. The van der Waals surface area contributed by atoms with Crippen LogP contribution in [0.25, 0.3) is 0 Å². The minimum atomic E-state index is -3.28. The van der Waals surface area contributed by atoms with Crippen LogP contribution in [0, 0.1) is 0 Å². The van der Waals surface area contributed by atoms with Crippen molar-refractivity contribution in [3.63, 3.8) is 0 Å². The van der Waals surface area contributed by atoms with Gasteiger partial charge in [-0.25, -0.2) is 13.1 Å². The Morgan fingerprint density at radius 1 is 1.16 bits per heavy atom. The zero-order valence-electron chi connectivity index (χ0n) is 11.5. The molecule has 0 saturated heterocycles. The third-order valence-electron chi connectivity index (χ3n) is 2.65. The molecule has 0 amide bonds. The van der Waals surface area contributed by atoms with E-state index in [0.29, 0.717) is 11.6 Å². The molecule has 0 aliphatic rings. The van der Waals surface area contributed by atoms with Crippen LogP contribution in [0.3, 0.4) is 0 Å². The van der Waals surface area contributed by atoms with Crippen molar-refractivity contribution in [2.24, 2.45) is 0 Å². The van der Waals surface area contributed by atoms with Gasteiger partial charge in [0.05, 0.1) is 5.75 Å². The summed E-state index contributed by atoms with van der Waals surface area (Å²) in [4.78, 5) is 0. The average Bonchev–Trinajstić information content (AvgIpc) is 2.28. The third-order valence-corrected chi connectivity index (χ3v) is 4.36. The molecular weight excluding hydrogens is 284 g/mol. The fourth-order valence-electron chi connectivity index (χ4n) is 1.63. The van der Waals surface area contributed by atoms with E-state index in [-0.39, 0.29) is 17.8 Å². The van der Waals surface area contributed by atoms with Gasteiger partial charge in [0.15, 0.2) is 0 Å². The van der Waals surface area contributed by atoms with Crippen molar-refractivity contribution < 1.29 is 8.42 Å². The van der Waals surface area contributed by atoms with E-state index in [4.69, 9.17) is 11.6 Å². The topological polar surface area (TPSA) is 58.2 Å². The second-order valence-corrected chi connectivity index (χ2v) is 7.13. The predicted octanol–water partition coefficient (Wildman–Crippen LogP) is 2.32. The summed E-state index contributed by atoms with van der Waals surface area (Å²) in [6, 6.07) is 7.17. The standard InChI is InChI=1S/C13H21ClN2O2S/c1-10(2)15-8-9-19(17,18)16-11(3)12-4-6-13(14)7-5-12/h4-7,10-11,15-16H,8-9H2,1-3H3. The van der Waals surface area contributed by atoms with Crippen LogP contribution in [0.15, 0.2) is 24.3 Å². The zero-order chi connectivity index (χ0) is 14.5. The summed E-state index contributed by atoms with van der Waals surface area (Å²) in [5.74, 6) is 0.0725. The van der Waals surface area contributed by atoms with E-state index in [0.717, 1.165) is 5.56 Å². The summed E-state index contributed by atoms with van der Waals surface area (Å²) in [5, 5.41) is 3.72. The number of benzene rings is 1. The SMILES string of the molecule is CC(C)NCCS(=O)(=O)NC(C)c1ccc(Cl)cc1. The number of sulfonamides is 1. The number of halogens is 1. The Morgan fingerprint density at radius 3 is 2.26 bits per heavy atom. The molecule has 1 aromatic rings. The predicted molar refractivity (Wildman–Crippen MR) is 79.9 cm³/mol. The molecular formula is C13H21ClN2O2S. The molecule has 1 rings (SSSR count). The molecule has 4 nitrogen and oxygen atoms in total. The van der Waals surface area contributed by atoms with Crippen LogP contribution in [0.2, 0.25) is 5.02 Å². The summed E-state index contributed by atoms with van der Waals surface area (Å²) in [7, 11) is -3.28. The van der Waals surface area contributed by atoms with E-state index >= 15 is 0 Å². The highest BCUT2D eigenvalue weighted by atomic mass is 35.5. The molecule has 0 saturated carbocycles. The number of rotatable bonds is 7. The lowest BCUT2D eigenvalue weighted by Gasteiger charge is -2.15. The van der Waals surface area contributed by atoms with E-state index < -0.39 is 10.0 Å². The van der Waals surface area contributed by atoms with Crippen LogP contribution in [-0.2, 0) is 10.0 Å². The fourth-order valence-corrected chi connectivity index (χ4v) is 2.93. The lowest BCUT2D eigenvalue weighted by molar-refractivity contribution is 0.555. The molecule has 0 radical (unpaired) electrons. The van der Waals surface area contributed by atoms with Gasteiger partial charge >= 0.3 is 0 Å². The maximum absolute atomic E-state index is 11.9. The molecule has 1 unspecified atom stereocenters. The second-order valence-electron chi connectivity index (χ2n) is 4.82. The van der Waals surface area contributed by atoms with Crippen molar-refractivity contribution in [1.82, 2.24) is 10.0 Å². The zero-order valence-corrected chi connectivity index (χ0v) is 13.1. The Morgan fingerprint density at radius 2 is 1.74 bits per heavy atom. The monoisotopic (exact) mass is 304 g/mol. The molecule has 1 atom stereocenters. The smallest absolute Gasteiger partial charge is 0.213 e. The van der Waals surface area contributed by atoms with Crippen molar-refractivity contribution in [2.45, 2.75) is 32.9 Å². The van der Waals surface area contributed by atoms with Gasteiger partial charge in [-0.1, -0.05) is 37.6 Å². The van der Waals surface area contributed by atoms with Gasteiger partial charge in [-0.3, -0.25) is 0 Å². The van der Waals surface area contributed by atoms with Gasteiger partial charge in [-0.15, -0.1) is 0 Å². The Kier molecular flexibility index (Phi) is 6.26. The van der Waals surface area contributed by atoms with E-state index in [1.807, 2.05) is 32.9 Å². The van der Waals surface area contributed by atoms with Crippen LogP contribution < -0.4 is 10.0 Å². The molecule has 0 aromatic heterocycles. The Labute approximate surface area is 120 Å². The lowest BCUT2D eigenvalue weighted by Crippen LogP contribution is -2.35. The minimum absolute atomic E-state index is 0.0725. The Bertz CT molecular complexity index is 486. The highest BCUT2D eigenvalue weighted by Gasteiger charge is 2.15. The fraction of sp³-hybridized carbons (Fsp3) is 0.538. The van der Waals surface area contributed by atoms with Crippen LogP contribution in [0.4, 0.5) is 0 Å². The number of hydrogen-bond acceptors (Lipinski definition) is 3. The normalized spacial score (nSPS) is 13.7. The van der Waals surface area contributed by atoms with Gasteiger partial charge in [-0.2, -0.15) is 0 Å². The van der Waals surface area contributed by atoms with Crippen LogP contribution >= 0.6 is 11.6 Å². The van der Waals surface area contributed by atoms with Crippen molar-refractivity contribution in [3.05, 3.63) is 34.9 Å². The van der Waals surface area contributed by atoms with Gasteiger partial charge in [0.1, 0.15) is 0 Å². The van der Waals surface area contributed by atoms with Crippen molar-refractivity contribution in [3.8, 4) is 0 Å². The maximum Gasteiger partial charge on any atom is 0.213 e. The van der Waals surface area contributed by atoms with Gasteiger partial charge in [-0.05, 0) is 24.6 Å². The Hall–Kier alpha value is -0.620. The van der Waals surface area contributed by atoms with Crippen molar-refractivity contribution in [1.29, 1.82) is 0 Å². The second kappa shape index (κ2) is 7.24. The first-order chi connectivity index (χ1) is 8.80. The van der Waals surface area contributed by atoms with Crippen LogP contribution in [-0.4, -0.2) is 26.8 Å². The molecule has 0 aliphatic heterocycles. The molecule has 2 N–H and O–H groups in total. The number of hydrogen-bond donors (Lipinski definition) is 2. The van der Waals surface area contributed by atoms with Crippen molar-refractivity contribution in [2.75, 3.05) is 12.3 Å². The maximum atomic E-state index is 11.9. The molecule has 108 valence electrons. The largest absolute Gasteiger partial charge is 0.313 e.